The molecule has 1 saturated heterocycles. The maximum absolute atomic E-state index is 5.19. The molecule has 0 unspecified atom stereocenters. The smallest absolute Gasteiger partial charge is 0.229 e. The molecule has 0 aromatic carbocycles. The van der Waals surface area contributed by atoms with Crippen LogP contribution in [-0.2, 0) is 0 Å². The molecule has 2 fully saturated rings. The van der Waals surface area contributed by atoms with Gasteiger partial charge in [0, 0.05) is 12.5 Å². The van der Waals surface area contributed by atoms with Crippen LogP contribution in [0, 0.1) is 12.3 Å². The van der Waals surface area contributed by atoms with Crippen molar-refractivity contribution in [1.29, 1.82) is 0 Å². The summed E-state index contributed by atoms with van der Waals surface area (Å²) in [5.74, 6) is 2.13. The number of nitrogens with one attached hydrogen (secondary N) is 1. The lowest BCUT2D eigenvalue weighted by molar-refractivity contribution is 0.104. The Balaban J connectivity index is 1.69. The summed E-state index contributed by atoms with van der Waals surface area (Å²) in [5, 5.41) is 7.26. The van der Waals surface area contributed by atoms with Crippen molar-refractivity contribution in [3.8, 4) is 0 Å². The predicted molar refractivity (Wildman–Crippen MR) is 50.9 cm³/mol. The highest BCUT2D eigenvalue weighted by Gasteiger charge is 2.48. The third kappa shape index (κ3) is 1.17. The molecule has 0 amide bonds. The van der Waals surface area contributed by atoms with Gasteiger partial charge >= 0.3 is 0 Å². The zero-order valence-electron chi connectivity index (χ0n) is 8.42. The molecule has 1 aromatic rings. The van der Waals surface area contributed by atoms with E-state index in [-0.39, 0.29) is 0 Å². The summed E-state index contributed by atoms with van der Waals surface area (Å²) in [4.78, 5) is 4.29. The average Bonchev–Trinajstić information content (AvgIpc) is 2.68. The molecule has 4 nitrogen and oxygen atoms in total. The number of hydrogen-bond acceptors (Lipinski definition) is 4. The number of rotatable bonds is 1. The molecule has 14 heavy (non-hydrogen) atoms. The minimum atomic E-state index is 0.524. The fourth-order valence-electron chi connectivity index (χ4n) is 2.78. The van der Waals surface area contributed by atoms with E-state index in [4.69, 9.17) is 4.52 Å². The van der Waals surface area contributed by atoms with E-state index in [1.807, 2.05) is 6.92 Å². The Kier molecular flexibility index (Phi) is 1.68. The summed E-state index contributed by atoms with van der Waals surface area (Å²) in [6.07, 6.45) is 3.76. The highest BCUT2D eigenvalue weighted by molar-refractivity contribution is 5.09. The topological polar surface area (TPSA) is 51.0 Å². The van der Waals surface area contributed by atoms with Crippen LogP contribution in [0.1, 0.15) is 36.9 Å². The molecule has 4 heteroatoms. The van der Waals surface area contributed by atoms with Crippen molar-refractivity contribution < 1.29 is 4.52 Å². The third-order valence-electron chi connectivity index (χ3n) is 3.58. The molecular formula is C10H15N3O. The molecule has 3 rings (SSSR count). The van der Waals surface area contributed by atoms with Gasteiger partial charge in [-0.1, -0.05) is 5.16 Å². The highest BCUT2D eigenvalue weighted by Crippen LogP contribution is 2.53. The second-order valence-corrected chi connectivity index (χ2v) is 4.71. The van der Waals surface area contributed by atoms with Crippen molar-refractivity contribution in [2.45, 2.75) is 32.1 Å². The van der Waals surface area contributed by atoms with E-state index >= 15 is 0 Å². The van der Waals surface area contributed by atoms with Crippen molar-refractivity contribution in [3.63, 3.8) is 0 Å². The van der Waals surface area contributed by atoms with Gasteiger partial charge in [-0.15, -0.1) is 0 Å². The number of hydrogen-bond donors (Lipinski definition) is 1. The van der Waals surface area contributed by atoms with E-state index in [1.165, 1.54) is 32.4 Å². The molecule has 2 heterocycles. The first kappa shape index (κ1) is 8.41. The fourth-order valence-corrected chi connectivity index (χ4v) is 2.78. The van der Waals surface area contributed by atoms with E-state index < -0.39 is 0 Å². The molecule has 0 radical (unpaired) electrons. The lowest BCUT2D eigenvalue weighted by Gasteiger charge is -2.42. The van der Waals surface area contributed by atoms with Crippen LogP contribution in [0.5, 0.6) is 0 Å². The van der Waals surface area contributed by atoms with E-state index in [1.54, 1.807) is 0 Å². The van der Waals surface area contributed by atoms with Gasteiger partial charge in [-0.3, -0.25) is 0 Å². The van der Waals surface area contributed by atoms with Crippen LogP contribution in [0.2, 0.25) is 0 Å². The maximum Gasteiger partial charge on any atom is 0.229 e. The van der Waals surface area contributed by atoms with E-state index in [9.17, 15) is 0 Å². The molecular weight excluding hydrogens is 178 g/mol. The van der Waals surface area contributed by atoms with Crippen LogP contribution in [0.25, 0.3) is 0 Å². The van der Waals surface area contributed by atoms with Gasteiger partial charge in [0.2, 0.25) is 5.89 Å². The Morgan fingerprint density at radius 2 is 2.36 bits per heavy atom. The van der Waals surface area contributed by atoms with Crippen molar-refractivity contribution >= 4 is 0 Å². The van der Waals surface area contributed by atoms with E-state index in [0.29, 0.717) is 11.3 Å². The molecule has 2 aliphatic rings. The number of aromatic nitrogens is 2. The van der Waals surface area contributed by atoms with Crippen LogP contribution >= 0.6 is 0 Å². The highest BCUT2D eigenvalue weighted by atomic mass is 16.5. The number of aryl methyl sites for hydroxylation is 1. The van der Waals surface area contributed by atoms with Crippen LogP contribution in [-0.4, -0.2) is 23.2 Å². The van der Waals surface area contributed by atoms with Crippen molar-refractivity contribution in [2.75, 3.05) is 13.1 Å². The fraction of sp³-hybridized carbons (Fsp3) is 0.800. The van der Waals surface area contributed by atoms with E-state index in [2.05, 4.69) is 15.5 Å². The lowest BCUT2D eigenvalue weighted by atomic mass is 9.61. The normalized spacial score (nSPS) is 36.2. The zero-order valence-corrected chi connectivity index (χ0v) is 8.42. The summed E-state index contributed by atoms with van der Waals surface area (Å²) in [5.41, 5.74) is 0.563. The first-order valence-electron chi connectivity index (χ1n) is 5.28. The first-order valence-corrected chi connectivity index (χ1v) is 5.28. The Morgan fingerprint density at radius 3 is 2.93 bits per heavy atom. The van der Waals surface area contributed by atoms with Crippen LogP contribution in [0.3, 0.4) is 0 Å². The Morgan fingerprint density at radius 1 is 1.50 bits per heavy atom. The molecule has 1 aliphatic carbocycles. The van der Waals surface area contributed by atoms with Crippen molar-refractivity contribution in [1.82, 2.24) is 15.5 Å². The van der Waals surface area contributed by atoms with Crippen LogP contribution in [0.4, 0.5) is 0 Å². The first-order chi connectivity index (χ1) is 6.77. The van der Waals surface area contributed by atoms with E-state index in [0.717, 1.165) is 11.7 Å². The molecule has 1 saturated carbocycles. The molecule has 0 bridgehead atoms. The Hall–Kier alpha value is -0.900. The Bertz CT molecular complexity index is 333. The molecule has 76 valence electrons. The lowest BCUT2D eigenvalue weighted by Crippen LogP contribution is -2.37. The summed E-state index contributed by atoms with van der Waals surface area (Å²) < 4.78 is 5.19. The monoisotopic (exact) mass is 193 g/mol. The maximum atomic E-state index is 5.19. The summed E-state index contributed by atoms with van der Waals surface area (Å²) in [6.45, 7) is 4.23. The van der Waals surface area contributed by atoms with Crippen molar-refractivity contribution in [2.24, 2.45) is 5.41 Å². The number of nitrogens with zero attached hydrogens (tertiary/aromatic N) is 2. The van der Waals surface area contributed by atoms with Gasteiger partial charge in [0.25, 0.3) is 0 Å². The summed E-state index contributed by atoms with van der Waals surface area (Å²) in [6, 6.07) is 0. The van der Waals surface area contributed by atoms with Gasteiger partial charge in [-0.25, -0.2) is 0 Å². The largest absolute Gasteiger partial charge is 0.339 e. The van der Waals surface area contributed by atoms with Crippen molar-refractivity contribution in [3.05, 3.63) is 11.7 Å². The second kappa shape index (κ2) is 2.79. The molecule has 0 atom stereocenters. The SMILES string of the molecule is Cc1noc(C2CC3(CCNC3)C2)n1. The summed E-state index contributed by atoms with van der Waals surface area (Å²) >= 11 is 0. The molecule has 1 N–H and O–H groups in total. The van der Waals surface area contributed by atoms with Crippen LogP contribution in [0.15, 0.2) is 4.52 Å². The van der Waals surface area contributed by atoms with Crippen LogP contribution < -0.4 is 5.32 Å². The van der Waals surface area contributed by atoms with Gasteiger partial charge in [0.05, 0.1) is 0 Å². The van der Waals surface area contributed by atoms with Gasteiger partial charge in [-0.05, 0) is 38.1 Å². The predicted octanol–water partition coefficient (Wildman–Crippen LogP) is 1.24. The Labute approximate surface area is 83.1 Å². The summed E-state index contributed by atoms with van der Waals surface area (Å²) in [7, 11) is 0. The standard InChI is InChI=1S/C10H15N3O/c1-7-12-9(14-13-7)8-4-10(5-8)2-3-11-6-10/h8,11H,2-6H2,1H3. The van der Waals surface area contributed by atoms with Gasteiger partial charge < -0.3 is 9.84 Å². The second-order valence-electron chi connectivity index (χ2n) is 4.71. The average molecular weight is 193 g/mol. The minimum absolute atomic E-state index is 0.524. The zero-order chi connectivity index (χ0) is 9.60. The third-order valence-corrected chi connectivity index (χ3v) is 3.58. The molecule has 1 spiro atoms. The minimum Gasteiger partial charge on any atom is -0.339 e. The quantitative estimate of drug-likeness (QED) is 0.729. The van der Waals surface area contributed by atoms with Gasteiger partial charge in [0.15, 0.2) is 5.82 Å². The van der Waals surface area contributed by atoms with Gasteiger partial charge in [-0.2, -0.15) is 4.98 Å². The van der Waals surface area contributed by atoms with Gasteiger partial charge in [0.1, 0.15) is 0 Å². The molecule has 1 aliphatic heterocycles. The molecule has 1 aromatic heterocycles.